The minimum atomic E-state index is -0.214. The molecule has 3 aliphatic carbocycles. The summed E-state index contributed by atoms with van der Waals surface area (Å²) in [5, 5.41) is 0. The Balaban J connectivity index is 1.31. The van der Waals surface area contributed by atoms with E-state index in [-0.39, 0.29) is 5.82 Å². The van der Waals surface area contributed by atoms with E-state index in [1.54, 1.807) is 12.1 Å². The molecule has 4 rings (SSSR count). The minimum absolute atomic E-state index is 0.214. The molecule has 0 N–H and O–H groups in total. The highest BCUT2D eigenvalue weighted by Crippen LogP contribution is 2.50. The molecule has 1 aromatic rings. The summed E-state index contributed by atoms with van der Waals surface area (Å²) in [7, 11) is 1.53. The molecule has 0 radical (unpaired) electrons. The molecule has 3 fully saturated rings. The Morgan fingerprint density at radius 1 is 0.857 bits per heavy atom. The van der Waals surface area contributed by atoms with E-state index in [1.807, 2.05) is 0 Å². The second-order valence-corrected chi connectivity index (χ2v) is 9.49. The zero-order valence-corrected chi connectivity index (χ0v) is 17.7. The molecule has 0 bridgehead atoms. The Kier molecular flexibility index (Phi) is 6.60. The quantitative estimate of drug-likeness (QED) is 0.557. The van der Waals surface area contributed by atoms with E-state index in [4.69, 9.17) is 9.47 Å². The van der Waals surface area contributed by atoms with Crippen molar-refractivity contribution in [2.45, 2.75) is 83.2 Å². The van der Waals surface area contributed by atoms with Gasteiger partial charge in [0.05, 0.1) is 13.2 Å². The van der Waals surface area contributed by atoms with Gasteiger partial charge < -0.3 is 9.47 Å². The van der Waals surface area contributed by atoms with Crippen LogP contribution in [0, 0.1) is 29.5 Å². The molecule has 0 spiro atoms. The van der Waals surface area contributed by atoms with Gasteiger partial charge in [-0.25, -0.2) is 4.39 Å². The van der Waals surface area contributed by atoms with E-state index < -0.39 is 0 Å². The molecular formula is C25H37FO2. The molecule has 0 aromatic heterocycles. The first-order valence-corrected chi connectivity index (χ1v) is 11.6. The number of hydrogen-bond donors (Lipinski definition) is 0. The molecule has 3 heteroatoms. The smallest absolute Gasteiger partial charge is 0.165 e. The summed E-state index contributed by atoms with van der Waals surface area (Å²) in [5.74, 6) is 4.30. The van der Waals surface area contributed by atoms with Crippen LogP contribution in [0.5, 0.6) is 5.75 Å². The van der Waals surface area contributed by atoms with Gasteiger partial charge >= 0.3 is 0 Å². The maximum absolute atomic E-state index is 14.1. The summed E-state index contributed by atoms with van der Waals surface area (Å²) in [6.07, 6.45) is 13.9. The minimum Gasteiger partial charge on any atom is -0.494 e. The molecule has 156 valence electrons. The summed E-state index contributed by atoms with van der Waals surface area (Å²) < 4.78 is 25.1. The van der Waals surface area contributed by atoms with Crippen molar-refractivity contribution in [3.05, 3.63) is 29.6 Å². The van der Waals surface area contributed by atoms with Crippen LogP contribution < -0.4 is 4.74 Å². The van der Waals surface area contributed by atoms with Gasteiger partial charge in [-0.05, 0) is 118 Å². The van der Waals surface area contributed by atoms with Gasteiger partial charge in [-0.3, -0.25) is 0 Å². The fourth-order valence-corrected chi connectivity index (χ4v) is 6.56. The zero-order valence-electron chi connectivity index (χ0n) is 17.7. The first-order valence-electron chi connectivity index (χ1n) is 11.6. The number of rotatable bonds is 5. The topological polar surface area (TPSA) is 18.5 Å². The highest BCUT2D eigenvalue weighted by Gasteiger charge is 2.39. The summed E-state index contributed by atoms with van der Waals surface area (Å²) >= 11 is 0. The first kappa shape index (κ1) is 20.2. The lowest BCUT2D eigenvalue weighted by Gasteiger charge is -2.45. The van der Waals surface area contributed by atoms with Crippen molar-refractivity contribution >= 4 is 0 Å². The molecule has 4 atom stereocenters. The summed E-state index contributed by atoms with van der Waals surface area (Å²) in [5.41, 5.74) is 1.17. The predicted octanol–water partition coefficient (Wildman–Crippen LogP) is 6.73. The fraction of sp³-hybridized carbons (Fsp3) is 0.760. The lowest BCUT2D eigenvalue weighted by molar-refractivity contribution is 0.00583. The summed E-state index contributed by atoms with van der Waals surface area (Å²) in [4.78, 5) is 0. The van der Waals surface area contributed by atoms with Gasteiger partial charge in [-0.1, -0.05) is 6.07 Å². The predicted molar refractivity (Wildman–Crippen MR) is 111 cm³/mol. The first-order chi connectivity index (χ1) is 13.7. The maximum Gasteiger partial charge on any atom is 0.165 e. The van der Waals surface area contributed by atoms with Crippen LogP contribution in [0.1, 0.15) is 82.6 Å². The van der Waals surface area contributed by atoms with E-state index in [0.29, 0.717) is 17.8 Å². The number of ether oxygens (including phenoxy) is 2. The second kappa shape index (κ2) is 9.15. The van der Waals surface area contributed by atoms with Crippen LogP contribution in [0.25, 0.3) is 0 Å². The van der Waals surface area contributed by atoms with Crippen LogP contribution in [0.15, 0.2) is 18.2 Å². The number of benzene rings is 1. The van der Waals surface area contributed by atoms with E-state index in [0.717, 1.165) is 30.3 Å². The van der Waals surface area contributed by atoms with Crippen molar-refractivity contribution < 1.29 is 13.9 Å². The van der Waals surface area contributed by atoms with Crippen LogP contribution in [0.4, 0.5) is 4.39 Å². The average Bonchev–Trinajstić information content (AvgIpc) is 2.74. The summed E-state index contributed by atoms with van der Waals surface area (Å²) in [6, 6.07) is 5.59. The zero-order chi connectivity index (χ0) is 19.5. The van der Waals surface area contributed by atoms with E-state index in [2.05, 4.69) is 13.0 Å². The fourth-order valence-electron chi connectivity index (χ4n) is 6.56. The van der Waals surface area contributed by atoms with Gasteiger partial charge in [0, 0.05) is 6.61 Å². The van der Waals surface area contributed by atoms with Gasteiger partial charge in [-0.2, -0.15) is 0 Å². The lowest BCUT2D eigenvalue weighted by atomic mass is 9.60. The standard InChI is InChI=1S/C25H37FO2/c1-3-28-23-11-8-17(9-12-23)18-4-5-20-15-21(7-6-19(20)14-18)22-10-13-25(27-2)24(26)16-22/h10,13,16-21,23H,3-9,11-12,14-15H2,1-2H3. The van der Waals surface area contributed by atoms with E-state index in [9.17, 15) is 4.39 Å². The normalized spacial score (nSPS) is 36.0. The van der Waals surface area contributed by atoms with Crippen molar-refractivity contribution in [1.29, 1.82) is 0 Å². The second-order valence-electron chi connectivity index (χ2n) is 9.49. The Morgan fingerprint density at radius 2 is 1.50 bits per heavy atom. The van der Waals surface area contributed by atoms with Gasteiger partial charge in [0.25, 0.3) is 0 Å². The molecule has 0 aliphatic heterocycles. The average molecular weight is 389 g/mol. The van der Waals surface area contributed by atoms with Crippen LogP contribution in [-0.2, 0) is 4.74 Å². The van der Waals surface area contributed by atoms with Crippen molar-refractivity contribution in [1.82, 2.24) is 0 Å². The molecule has 3 aliphatic rings. The Morgan fingerprint density at radius 3 is 2.18 bits per heavy atom. The highest BCUT2D eigenvalue weighted by molar-refractivity contribution is 5.31. The van der Waals surface area contributed by atoms with Gasteiger partial charge in [0.2, 0.25) is 0 Å². The molecule has 28 heavy (non-hydrogen) atoms. The lowest BCUT2D eigenvalue weighted by Crippen LogP contribution is -2.35. The van der Waals surface area contributed by atoms with Crippen molar-refractivity contribution in [2.24, 2.45) is 23.7 Å². The van der Waals surface area contributed by atoms with Crippen molar-refractivity contribution in [2.75, 3.05) is 13.7 Å². The van der Waals surface area contributed by atoms with Gasteiger partial charge in [0.1, 0.15) is 0 Å². The monoisotopic (exact) mass is 388 g/mol. The van der Waals surface area contributed by atoms with E-state index >= 15 is 0 Å². The Bertz CT molecular complexity index is 637. The van der Waals surface area contributed by atoms with Crippen molar-refractivity contribution in [3.8, 4) is 5.75 Å². The van der Waals surface area contributed by atoms with Crippen LogP contribution in [0.2, 0.25) is 0 Å². The Labute approximate surface area is 170 Å². The van der Waals surface area contributed by atoms with Crippen molar-refractivity contribution in [3.63, 3.8) is 0 Å². The van der Waals surface area contributed by atoms with Gasteiger partial charge in [0.15, 0.2) is 11.6 Å². The molecular weight excluding hydrogens is 351 g/mol. The van der Waals surface area contributed by atoms with Crippen LogP contribution >= 0.6 is 0 Å². The van der Waals surface area contributed by atoms with Gasteiger partial charge in [-0.15, -0.1) is 0 Å². The van der Waals surface area contributed by atoms with E-state index in [1.165, 1.54) is 76.9 Å². The third-order valence-electron chi connectivity index (χ3n) is 8.09. The SMILES string of the molecule is CCOC1CCC(C2CCC3CC(c4ccc(OC)c(F)c4)CCC3C2)CC1. The summed E-state index contributed by atoms with van der Waals surface area (Å²) in [6.45, 7) is 2.98. The maximum atomic E-state index is 14.1. The largest absolute Gasteiger partial charge is 0.494 e. The third kappa shape index (κ3) is 4.40. The molecule has 0 saturated heterocycles. The number of halogens is 1. The third-order valence-corrected chi connectivity index (χ3v) is 8.09. The molecule has 1 aromatic carbocycles. The molecule has 2 nitrogen and oxygen atoms in total. The highest BCUT2D eigenvalue weighted by atomic mass is 19.1. The molecule has 3 saturated carbocycles. The molecule has 0 heterocycles. The number of hydrogen-bond acceptors (Lipinski definition) is 2. The van der Waals surface area contributed by atoms with Crippen LogP contribution in [-0.4, -0.2) is 19.8 Å². The molecule has 0 amide bonds. The number of fused-ring (bicyclic) bond motifs is 1. The van der Waals surface area contributed by atoms with Crippen LogP contribution in [0.3, 0.4) is 0 Å². The number of methoxy groups -OCH3 is 1. The molecule has 4 unspecified atom stereocenters. The Hall–Kier alpha value is -1.09.